The topological polar surface area (TPSA) is 98.3 Å². The number of rotatable bonds is 5. The Morgan fingerprint density at radius 2 is 1.82 bits per heavy atom. The molecule has 0 aliphatic heterocycles. The van der Waals surface area contributed by atoms with E-state index in [1.807, 2.05) is 24.3 Å². The minimum atomic E-state index is 0.434. The minimum Gasteiger partial charge on any atom is -0.384 e. The molecule has 3 heterocycles. The third-order valence-electron chi connectivity index (χ3n) is 4.55. The Labute approximate surface area is 165 Å². The van der Waals surface area contributed by atoms with E-state index in [-0.39, 0.29) is 0 Å². The first-order valence-electron chi connectivity index (χ1n) is 8.86. The first-order chi connectivity index (χ1) is 13.8. The number of nitrogens with zero attached hydrogens (tertiary/aromatic N) is 5. The zero-order valence-electron chi connectivity index (χ0n) is 14.9. The number of nitrogens with one attached hydrogen (secondary N) is 1. The fraction of sp³-hybridized carbons (Fsp3) is 0.100. The summed E-state index contributed by atoms with van der Waals surface area (Å²) in [5.41, 5.74) is 10.5. The predicted molar refractivity (Wildman–Crippen MR) is 111 cm³/mol. The maximum atomic E-state index is 5.91. The van der Waals surface area contributed by atoms with Crippen molar-refractivity contribution in [1.82, 2.24) is 30.2 Å². The summed E-state index contributed by atoms with van der Waals surface area (Å²) in [5, 5.41) is 16.9. The van der Waals surface area contributed by atoms with Crippen molar-refractivity contribution in [2.75, 3.05) is 5.73 Å². The number of nitrogens with two attached hydrogens (primary N) is 1. The number of nitrogen functional groups attached to an aromatic ring is 1. The van der Waals surface area contributed by atoms with Crippen LogP contribution in [0.2, 0.25) is 0 Å². The van der Waals surface area contributed by atoms with Crippen LogP contribution in [-0.2, 0) is 12.3 Å². The molecule has 0 saturated carbocycles. The number of aromatic amines is 1. The maximum Gasteiger partial charge on any atom is 0.204 e. The van der Waals surface area contributed by atoms with Crippen LogP contribution in [0.1, 0.15) is 11.3 Å². The summed E-state index contributed by atoms with van der Waals surface area (Å²) >= 11 is 1.64. The van der Waals surface area contributed by atoms with E-state index in [1.165, 1.54) is 5.56 Å². The van der Waals surface area contributed by atoms with Gasteiger partial charge in [-0.25, -0.2) is 4.98 Å². The average Bonchev–Trinajstić information content (AvgIpc) is 3.32. The highest BCUT2D eigenvalue weighted by molar-refractivity contribution is 7.98. The van der Waals surface area contributed by atoms with E-state index < -0.39 is 0 Å². The zero-order valence-corrected chi connectivity index (χ0v) is 15.7. The molecule has 2 aromatic carbocycles. The Kier molecular flexibility index (Phi) is 4.17. The molecule has 0 saturated heterocycles. The fourth-order valence-corrected chi connectivity index (χ4v) is 4.24. The molecule has 138 valence electrons. The molecule has 0 bridgehead atoms. The van der Waals surface area contributed by atoms with Gasteiger partial charge in [0.15, 0.2) is 0 Å². The number of pyridine rings is 1. The van der Waals surface area contributed by atoms with Crippen LogP contribution in [0.25, 0.3) is 22.1 Å². The molecule has 7 nitrogen and oxygen atoms in total. The SMILES string of the molecule is Nc1cc(SCc2nn(Cc3ccccc3)c3ccccc23)c2n[nH]nc2n1. The second-order valence-corrected chi connectivity index (χ2v) is 7.45. The molecule has 0 fully saturated rings. The Hall–Kier alpha value is -3.39. The molecule has 8 heteroatoms. The van der Waals surface area contributed by atoms with Gasteiger partial charge in [0.1, 0.15) is 11.3 Å². The molecule has 0 aliphatic rings. The predicted octanol–water partition coefficient (Wildman–Crippen LogP) is 3.63. The van der Waals surface area contributed by atoms with Gasteiger partial charge in [0.25, 0.3) is 0 Å². The molecule has 0 unspecified atom stereocenters. The summed E-state index contributed by atoms with van der Waals surface area (Å²) in [6.07, 6.45) is 0. The first-order valence-corrected chi connectivity index (χ1v) is 9.84. The molecule has 3 N–H and O–H groups in total. The van der Waals surface area contributed by atoms with E-state index in [4.69, 9.17) is 10.8 Å². The second kappa shape index (κ2) is 6.97. The number of para-hydroxylation sites is 1. The van der Waals surface area contributed by atoms with E-state index in [1.54, 1.807) is 11.8 Å². The van der Waals surface area contributed by atoms with Crippen molar-refractivity contribution >= 4 is 39.6 Å². The summed E-state index contributed by atoms with van der Waals surface area (Å²) in [6, 6.07) is 20.5. The van der Waals surface area contributed by atoms with Crippen molar-refractivity contribution in [3.63, 3.8) is 0 Å². The van der Waals surface area contributed by atoms with E-state index in [0.717, 1.165) is 33.6 Å². The number of thioether (sulfide) groups is 1. The largest absolute Gasteiger partial charge is 0.384 e. The molecular formula is C20H17N7S. The molecule has 0 aliphatic carbocycles. The summed E-state index contributed by atoms with van der Waals surface area (Å²) in [5.74, 6) is 1.14. The van der Waals surface area contributed by atoms with Gasteiger partial charge in [-0.15, -0.1) is 16.9 Å². The van der Waals surface area contributed by atoms with Crippen LogP contribution in [0.4, 0.5) is 5.82 Å². The monoisotopic (exact) mass is 387 g/mol. The van der Waals surface area contributed by atoms with Gasteiger partial charge in [-0.2, -0.15) is 15.4 Å². The van der Waals surface area contributed by atoms with Crippen molar-refractivity contribution in [3.8, 4) is 0 Å². The Bertz CT molecular complexity index is 1260. The van der Waals surface area contributed by atoms with Crippen molar-refractivity contribution in [3.05, 3.63) is 71.9 Å². The van der Waals surface area contributed by atoms with E-state index in [9.17, 15) is 0 Å². The number of fused-ring (bicyclic) bond motifs is 2. The highest BCUT2D eigenvalue weighted by Crippen LogP contribution is 2.31. The van der Waals surface area contributed by atoms with Crippen LogP contribution in [0, 0.1) is 0 Å². The summed E-state index contributed by atoms with van der Waals surface area (Å²) in [4.78, 5) is 5.13. The minimum absolute atomic E-state index is 0.434. The van der Waals surface area contributed by atoms with Crippen LogP contribution in [0.15, 0.2) is 65.6 Å². The smallest absolute Gasteiger partial charge is 0.204 e. The standard InChI is InChI=1S/C20H17N7S/c21-18-10-17(19-20(22-18)24-26-23-19)28-12-15-14-8-4-5-9-16(14)27(25-15)11-13-6-2-1-3-7-13/h1-10H,11-12H2,(H3,21,22,23,24,26). The number of benzene rings is 2. The Balaban J connectivity index is 1.48. The van der Waals surface area contributed by atoms with Crippen molar-refractivity contribution in [2.45, 2.75) is 17.2 Å². The van der Waals surface area contributed by atoms with Crippen LogP contribution in [-0.4, -0.2) is 30.2 Å². The Morgan fingerprint density at radius 1 is 1.00 bits per heavy atom. The van der Waals surface area contributed by atoms with Gasteiger partial charge in [0, 0.05) is 16.0 Å². The third-order valence-corrected chi connectivity index (χ3v) is 5.59. The lowest BCUT2D eigenvalue weighted by molar-refractivity contribution is 0.702. The number of H-pyrrole nitrogens is 1. The maximum absolute atomic E-state index is 5.91. The van der Waals surface area contributed by atoms with Gasteiger partial charge < -0.3 is 5.73 Å². The summed E-state index contributed by atoms with van der Waals surface area (Å²) in [7, 11) is 0. The number of hydrogen-bond acceptors (Lipinski definition) is 6. The van der Waals surface area contributed by atoms with E-state index in [2.05, 4.69) is 61.5 Å². The molecule has 5 rings (SSSR count). The summed E-state index contributed by atoms with van der Waals surface area (Å²) < 4.78 is 2.06. The molecule has 28 heavy (non-hydrogen) atoms. The van der Waals surface area contributed by atoms with Crippen LogP contribution >= 0.6 is 11.8 Å². The Morgan fingerprint density at radius 3 is 2.71 bits per heavy atom. The lowest BCUT2D eigenvalue weighted by atomic mass is 10.2. The molecule has 0 amide bonds. The number of hydrogen-bond donors (Lipinski definition) is 2. The first kappa shape index (κ1) is 16.8. The molecule has 5 aromatic rings. The van der Waals surface area contributed by atoms with Gasteiger partial charge >= 0.3 is 0 Å². The van der Waals surface area contributed by atoms with E-state index in [0.29, 0.717) is 17.2 Å². The van der Waals surface area contributed by atoms with Gasteiger partial charge in [-0.1, -0.05) is 48.5 Å². The van der Waals surface area contributed by atoms with Crippen LogP contribution in [0.5, 0.6) is 0 Å². The molecule has 3 aromatic heterocycles. The highest BCUT2D eigenvalue weighted by Gasteiger charge is 2.14. The van der Waals surface area contributed by atoms with Gasteiger partial charge in [-0.3, -0.25) is 4.68 Å². The lowest BCUT2D eigenvalue weighted by Crippen LogP contribution is -2.01. The van der Waals surface area contributed by atoms with Crippen molar-refractivity contribution in [2.24, 2.45) is 0 Å². The van der Waals surface area contributed by atoms with Crippen molar-refractivity contribution < 1.29 is 0 Å². The van der Waals surface area contributed by atoms with Gasteiger partial charge in [0.2, 0.25) is 5.65 Å². The molecular weight excluding hydrogens is 370 g/mol. The molecule has 0 spiro atoms. The number of aromatic nitrogens is 6. The normalized spacial score (nSPS) is 11.4. The highest BCUT2D eigenvalue weighted by atomic mass is 32.2. The van der Waals surface area contributed by atoms with Crippen LogP contribution < -0.4 is 5.73 Å². The van der Waals surface area contributed by atoms with Gasteiger partial charge in [-0.05, 0) is 17.7 Å². The van der Waals surface area contributed by atoms with E-state index >= 15 is 0 Å². The van der Waals surface area contributed by atoms with Crippen molar-refractivity contribution in [1.29, 1.82) is 0 Å². The lowest BCUT2D eigenvalue weighted by Gasteiger charge is -2.03. The second-order valence-electron chi connectivity index (χ2n) is 6.44. The number of anilines is 1. The quantitative estimate of drug-likeness (QED) is 0.447. The molecule has 0 radical (unpaired) electrons. The van der Waals surface area contributed by atoms with Crippen LogP contribution in [0.3, 0.4) is 0 Å². The molecule has 0 atom stereocenters. The average molecular weight is 387 g/mol. The van der Waals surface area contributed by atoms with Gasteiger partial charge in [0.05, 0.1) is 17.8 Å². The zero-order chi connectivity index (χ0) is 18.9. The third kappa shape index (κ3) is 3.07. The summed E-state index contributed by atoms with van der Waals surface area (Å²) in [6.45, 7) is 0.738. The fourth-order valence-electron chi connectivity index (χ4n) is 3.26.